The summed E-state index contributed by atoms with van der Waals surface area (Å²) in [5, 5.41) is 0. The van der Waals surface area contributed by atoms with Gasteiger partial charge in [-0.05, 0) is 19.1 Å². The molecule has 1 aliphatic rings. The lowest BCUT2D eigenvalue weighted by Gasteiger charge is -2.23. The lowest BCUT2D eigenvalue weighted by atomic mass is 10.2. The maximum atomic E-state index is 5.67. The van der Waals surface area contributed by atoms with Crippen LogP contribution in [0, 0.1) is 6.92 Å². The van der Waals surface area contributed by atoms with Crippen LogP contribution in [0.5, 0.6) is 0 Å². The Bertz CT molecular complexity index is 536. The van der Waals surface area contributed by atoms with Crippen molar-refractivity contribution in [2.75, 3.05) is 19.8 Å². The molecular formula is C13H14N2O2. The number of aromatic nitrogens is 2. The third kappa shape index (κ3) is 2.01. The Morgan fingerprint density at radius 1 is 1.12 bits per heavy atom. The van der Waals surface area contributed by atoms with Crippen LogP contribution in [0.15, 0.2) is 24.3 Å². The van der Waals surface area contributed by atoms with E-state index in [9.17, 15) is 0 Å². The number of para-hydroxylation sites is 2. The van der Waals surface area contributed by atoms with E-state index in [0.717, 1.165) is 22.4 Å². The van der Waals surface area contributed by atoms with Crippen LogP contribution < -0.4 is 0 Å². The van der Waals surface area contributed by atoms with Crippen molar-refractivity contribution in [3.8, 4) is 0 Å². The van der Waals surface area contributed by atoms with Crippen molar-refractivity contribution in [2.45, 2.75) is 13.0 Å². The summed E-state index contributed by atoms with van der Waals surface area (Å²) in [7, 11) is 0. The molecule has 1 saturated heterocycles. The van der Waals surface area contributed by atoms with E-state index in [2.05, 4.69) is 9.97 Å². The van der Waals surface area contributed by atoms with Crippen molar-refractivity contribution >= 4 is 11.0 Å². The van der Waals surface area contributed by atoms with Crippen LogP contribution in [0.3, 0.4) is 0 Å². The molecule has 4 heteroatoms. The van der Waals surface area contributed by atoms with Crippen molar-refractivity contribution in [1.29, 1.82) is 0 Å². The van der Waals surface area contributed by atoms with Crippen LogP contribution in [-0.2, 0) is 9.47 Å². The largest absolute Gasteiger partial charge is 0.376 e. The molecule has 2 heterocycles. The average molecular weight is 230 g/mol. The fraction of sp³-hybridized carbons (Fsp3) is 0.385. The van der Waals surface area contributed by atoms with Crippen LogP contribution in [0.2, 0.25) is 0 Å². The van der Waals surface area contributed by atoms with Crippen LogP contribution in [0.4, 0.5) is 0 Å². The number of aryl methyl sites for hydroxylation is 1. The molecule has 0 unspecified atom stereocenters. The van der Waals surface area contributed by atoms with Gasteiger partial charge >= 0.3 is 0 Å². The standard InChI is InChI=1S/C13H14N2O2/c1-9-13(12-8-16-6-7-17-12)15-11-5-3-2-4-10(11)14-9/h2-5,12H,6-8H2,1H3/t12-/m1/s1. The van der Waals surface area contributed by atoms with Crippen molar-refractivity contribution in [3.63, 3.8) is 0 Å². The van der Waals surface area contributed by atoms with Crippen molar-refractivity contribution < 1.29 is 9.47 Å². The van der Waals surface area contributed by atoms with E-state index in [0.29, 0.717) is 19.8 Å². The molecule has 0 bridgehead atoms. The van der Waals surface area contributed by atoms with Crippen LogP contribution in [0.25, 0.3) is 11.0 Å². The van der Waals surface area contributed by atoms with Crippen molar-refractivity contribution in [1.82, 2.24) is 9.97 Å². The number of nitrogens with zero attached hydrogens (tertiary/aromatic N) is 2. The quantitative estimate of drug-likeness (QED) is 0.751. The summed E-state index contributed by atoms with van der Waals surface area (Å²) < 4.78 is 11.1. The normalized spacial score (nSPS) is 20.6. The lowest BCUT2D eigenvalue weighted by Crippen LogP contribution is -2.23. The Balaban J connectivity index is 2.06. The first-order valence-electron chi connectivity index (χ1n) is 5.77. The molecule has 0 spiro atoms. The van der Waals surface area contributed by atoms with E-state index in [4.69, 9.17) is 9.47 Å². The Morgan fingerprint density at radius 3 is 2.59 bits per heavy atom. The molecule has 1 atom stereocenters. The van der Waals surface area contributed by atoms with Crippen molar-refractivity contribution in [2.24, 2.45) is 0 Å². The molecule has 1 aliphatic heterocycles. The highest BCUT2D eigenvalue weighted by Crippen LogP contribution is 2.23. The Hall–Kier alpha value is -1.52. The second kappa shape index (κ2) is 4.39. The maximum absolute atomic E-state index is 5.67. The first-order valence-corrected chi connectivity index (χ1v) is 5.77. The summed E-state index contributed by atoms with van der Waals surface area (Å²) in [4.78, 5) is 9.18. The molecule has 0 N–H and O–H groups in total. The van der Waals surface area contributed by atoms with Gasteiger partial charge in [-0.25, -0.2) is 9.97 Å². The van der Waals surface area contributed by atoms with E-state index in [1.54, 1.807) is 0 Å². The third-order valence-corrected chi connectivity index (χ3v) is 2.90. The maximum Gasteiger partial charge on any atom is 0.125 e. The average Bonchev–Trinajstić information content (AvgIpc) is 2.39. The summed E-state index contributed by atoms with van der Waals surface area (Å²) in [6.45, 7) is 3.82. The zero-order chi connectivity index (χ0) is 11.7. The molecule has 3 rings (SSSR count). The van der Waals surface area contributed by atoms with Gasteiger partial charge in [-0.3, -0.25) is 0 Å². The minimum Gasteiger partial charge on any atom is -0.376 e. The molecule has 0 amide bonds. The molecule has 1 fully saturated rings. The summed E-state index contributed by atoms with van der Waals surface area (Å²) >= 11 is 0. The zero-order valence-electron chi connectivity index (χ0n) is 9.72. The van der Waals surface area contributed by atoms with Gasteiger partial charge < -0.3 is 9.47 Å². The highest BCUT2D eigenvalue weighted by Gasteiger charge is 2.21. The molecule has 1 aromatic heterocycles. The Labute approximate surface area is 99.6 Å². The van der Waals surface area contributed by atoms with Gasteiger partial charge in [0.2, 0.25) is 0 Å². The number of fused-ring (bicyclic) bond motifs is 1. The SMILES string of the molecule is Cc1nc2ccccc2nc1[C@H]1COCCO1. The van der Waals surface area contributed by atoms with Crippen molar-refractivity contribution in [3.05, 3.63) is 35.7 Å². The smallest absolute Gasteiger partial charge is 0.125 e. The monoisotopic (exact) mass is 230 g/mol. The second-order valence-electron chi connectivity index (χ2n) is 4.12. The van der Waals surface area contributed by atoms with Crippen LogP contribution in [0.1, 0.15) is 17.5 Å². The van der Waals surface area contributed by atoms with Gasteiger partial charge in [0.25, 0.3) is 0 Å². The van der Waals surface area contributed by atoms with Gasteiger partial charge in [-0.1, -0.05) is 12.1 Å². The molecule has 0 saturated carbocycles. The van der Waals surface area contributed by atoms with Gasteiger partial charge in [-0.2, -0.15) is 0 Å². The number of hydrogen-bond acceptors (Lipinski definition) is 4. The fourth-order valence-corrected chi connectivity index (χ4v) is 2.05. The number of benzene rings is 1. The van der Waals surface area contributed by atoms with Crippen LogP contribution in [-0.4, -0.2) is 29.8 Å². The fourth-order valence-electron chi connectivity index (χ4n) is 2.05. The Morgan fingerprint density at radius 2 is 1.88 bits per heavy atom. The van der Waals surface area contributed by atoms with Gasteiger partial charge in [0.1, 0.15) is 6.10 Å². The molecule has 1 aromatic carbocycles. The summed E-state index contributed by atoms with van der Waals surface area (Å²) in [6.07, 6.45) is -0.0825. The topological polar surface area (TPSA) is 44.2 Å². The van der Waals surface area contributed by atoms with Crippen LogP contribution >= 0.6 is 0 Å². The predicted octanol–water partition coefficient (Wildman–Crippen LogP) is 2.03. The molecular weight excluding hydrogens is 216 g/mol. The summed E-state index contributed by atoms with van der Waals surface area (Å²) in [6, 6.07) is 7.87. The summed E-state index contributed by atoms with van der Waals surface area (Å²) in [5.74, 6) is 0. The summed E-state index contributed by atoms with van der Waals surface area (Å²) in [5.41, 5.74) is 3.63. The molecule has 0 radical (unpaired) electrons. The number of hydrogen-bond donors (Lipinski definition) is 0. The van der Waals surface area contributed by atoms with E-state index < -0.39 is 0 Å². The van der Waals surface area contributed by atoms with E-state index in [1.807, 2.05) is 31.2 Å². The Kier molecular flexibility index (Phi) is 2.74. The van der Waals surface area contributed by atoms with Gasteiger partial charge in [0.05, 0.1) is 42.2 Å². The highest BCUT2D eigenvalue weighted by molar-refractivity contribution is 5.74. The first-order chi connectivity index (χ1) is 8.34. The molecule has 0 aliphatic carbocycles. The first kappa shape index (κ1) is 10.6. The van der Waals surface area contributed by atoms with E-state index >= 15 is 0 Å². The second-order valence-corrected chi connectivity index (χ2v) is 4.12. The van der Waals surface area contributed by atoms with Gasteiger partial charge in [0, 0.05) is 0 Å². The minimum absolute atomic E-state index is 0.0825. The van der Waals surface area contributed by atoms with E-state index in [1.165, 1.54) is 0 Å². The number of ether oxygens (including phenoxy) is 2. The van der Waals surface area contributed by atoms with E-state index in [-0.39, 0.29) is 6.10 Å². The zero-order valence-corrected chi connectivity index (χ0v) is 9.72. The minimum atomic E-state index is -0.0825. The van der Waals surface area contributed by atoms with Gasteiger partial charge in [0.15, 0.2) is 0 Å². The molecule has 4 nitrogen and oxygen atoms in total. The number of rotatable bonds is 1. The molecule has 88 valence electrons. The lowest BCUT2D eigenvalue weighted by molar-refractivity contribution is -0.0920. The van der Waals surface area contributed by atoms with Gasteiger partial charge in [-0.15, -0.1) is 0 Å². The predicted molar refractivity (Wildman–Crippen MR) is 63.8 cm³/mol. The molecule has 17 heavy (non-hydrogen) atoms. The highest BCUT2D eigenvalue weighted by atomic mass is 16.6. The third-order valence-electron chi connectivity index (χ3n) is 2.90. The molecule has 2 aromatic rings.